The second-order valence-corrected chi connectivity index (χ2v) is 11.7. The van der Waals surface area contributed by atoms with Crippen LogP contribution in [0.5, 0.6) is 0 Å². The first-order valence-corrected chi connectivity index (χ1v) is 16.2. The van der Waals surface area contributed by atoms with Crippen LogP contribution in [0.4, 0.5) is 0 Å². The van der Waals surface area contributed by atoms with Gasteiger partial charge in [0, 0.05) is 0 Å². The fourth-order valence-electron chi connectivity index (χ4n) is 4.21. The summed E-state index contributed by atoms with van der Waals surface area (Å²) >= 11 is -0.346. The van der Waals surface area contributed by atoms with Gasteiger partial charge in [-0.15, -0.1) is 18.4 Å². The summed E-state index contributed by atoms with van der Waals surface area (Å²) < 4.78 is 16.1. The van der Waals surface area contributed by atoms with Crippen LogP contribution in [0.15, 0.2) is 72.8 Å². The Hall–Kier alpha value is -0.617. The van der Waals surface area contributed by atoms with E-state index in [1.807, 2.05) is 12.1 Å². The Morgan fingerprint density at radius 3 is 1.45 bits per heavy atom. The van der Waals surface area contributed by atoms with Crippen molar-refractivity contribution < 1.29 is 15.1 Å². The van der Waals surface area contributed by atoms with E-state index in [9.17, 15) is 0 Å². The van der Waals surface area contributed by atoms with Crippen LogP contribution >= 0.6 is 37.8 Å². The predicted molar refractivity (Wildman–Crippen MR) is 152 cm³/mol. The Morgan fingerprint density at radius 2 is 1.09 bits per heavy atom. The largest absolute Gasteiger partial charge is 0.676 e. The van der Waals surface area contributed by atoms with E-state index in [1.165, 1.54) is 34.4 Å². The van der Waals surface area contributed by atoms with E-state index in [0.717, 1.165) is 34.6 Å². The second-order valence-electron chi connectivity index (χ2n) is 7.97. The molecule has 33 heavy (non-hydrogen) atoms. The van der Waals surface area contributed by atoms with Gasteiger partial charge in [-0.05, 0) is 43.3 Å². The van der Waals surface area contributed by atoms with Crippen LogP contribution in [-0.2, 0) is 15.1 Å². The summed E-state index contributed by atoms with van der Waals surface area (Å²) in [7, 11) is 9.66. The molecule has 0 radical (unpaired) electrons. The van der Waals surface area contributed by atoms with Crippen molar-refractivity contribution in [3.8, 4) is 11.1 Å². The number of rotatable bonds is 3. The number of hydrogen-bond donors (Lipinski definition) is 0. The third-order valence-corrected chi connectivity index (χ3v) is 6.71. The summed E-state index contributed by atoms with van der Waals surface area (Å²) in [6, 6.07) is 24.9. The van der Waals surface area contributed by atoms with E-state index in [4.69, 9.17) is 33.4 Å². The Morgan fingerprint density at radius 1 is 0.697 bits per heavy atom. The molecule has 1 saturated carbocycles. The van der Waals surface area contributed by atoms with Crippen LogP contribution < -0.4 is 10.6 Å². The number of benzene rings is 4. The molecule has 0 heterocycles. The molecule has 1 fully saturated rings. The van der Waals surface area contributed by atoms with Crippen molar-refractivity contribution in [2.45, 2.75) is 37.8 Å². The molecule has 0 spiro atoms. The molecular weight excluding hydrogens is 574 g/mol. The fraction of sp³-hybridized carbons (Fsp3) is 0.231. The first-order valence-electron chi connectivity index (χ1n) is 11.7. The topological polar surface area (TPSA) is 47.6 Å². The van der Waals surface area contributed by atoms with Gasteiger partial charge in [-0.3, -0.25) is 0 Å². The van der Waals surface area contributed by atoms with E-state index in [2.05, 4.69) is 60.7 Å². The quantitative estimate of drug-likeness (QED) is 0.166. The molecule has 0 bridgehead atoms. The van der Waals surface area contributed by atoms with Gasteiger partial charge in [0.1, 0.15) is 0 Å². The average Bonchev–Trinajstić information content (AvgIpc) is 2.90. The van der Waals surface area contributed by atoms with E-state index in [-0.39, 0.29) is 45.6 Å². The summed E-state index contributed by atoms with van der Waals surface area (Å²) in [6.07, 6.45) is 4.25. The molecule has 4 aromatic rings. The van der Waals surface area contributed by atoms with Gasteiger partial charge in [0.05, 0.1) is 2.56 Å². The SMILES string of the molecule is [3H]Pc1ccc2ccccc2c1-c1c(P[3H])ccc2ccccc12.[Cl][Ru+2][Cl].[NH-][C@H]1CCCC[C@@H]1[NH-]. The van der Waals surface area contributed by atoms with Crippen molar-refractivity contribution in [3.05, 3.63) is 84.3 Å². The summed E-state index contributed by atoms with van der Waals surface area (Å²) in [4.78, 5) is 0. The van der Waals surface area contributed by atoms with Crippen molar-refractivity contribution in [2.75, 3.05) is 0 Å². The molecule has 0 aromatic heterocycles. The van der Waals surface area contributed by atoms with Crippen LogP contribution in [-0.4, -0.2) is 14.6 Å². The van der Waals surface area contributed by atoms with Crippen LogP contribution in [0.2, 0.25) is 0 Å². The average molecular weight is 606 g/mol. The Kier molecular flexibility index (Phi) is 9.83. The monoisotopic (exact) mass is 606 g/mol. The van der Waals surface area contributed by atoms with Gasteiger partial charge in [0.25, 0.3) is 0 Å². The predicted octanol–water partition coefficient (Wildman–Crippen LogP) is 8.44. The summed E-state index contributed by atoms with van der Waals surface area (Å²) in [5, 5.41) is 6.80. The molecule has 2 unspecified atom stereocenters. The van der Waals surface area contributed by atoms with Gasteiger partial charge >= 0.3 is 34.5 Å². The minimum Gasteiger partial charge on any atom is -0.676 e. The molecule has 2 N–H and O–H groups in total. The molecule has 5 rings (SSSR count). The van der Waals surface area contributed by atoms with Crippen LogP contribution in [0.3, 0.4) is 0 Å². The molecule has 2 nitrogen and oxygen atoms in total. The summed E-state index contributed by atoms with van der Waals surface area (Å²) in [5.74, 6) is 0. The molecular formula is C26H28Cl2N2P2Ru. The minimum absolute atomic E-state index is 0.0215. The number of halogens is 2. The van der Waals surface area contributed by atoms with Crippen molar-refractivity contribution in [1.29, 1.82) is 2.56 Å². The van der Waals surface area contributed by atoms with Crippen molar-refractivity contribution in [1.82, 2.24) is 0 Å². The number of fused-ring (bicyclic) bond motifs is 2. The standard InChI is InChI=1S/C20H16P2.C6H12N2.2ClH.Ru/c21-17-11-9-13-5-1-3-7-15(13)19(17)20-16-8-4-2-6-14(16)10-12-18(20)22;7-5-3-1-2-4-6(5)8;;;/h1-12H,21-22H2;5-8H,1-4H2;2*1H;/q;-2;;;+4/p-2/t;5-,6-;;;/m.0.../s1/i21T,22T;;;;. The smallest absolute Gasteiger partial charge is 0.0548 e. The molecule has 0 saturated heterocycles. The normalized spacial score (nSPS) is 19.2. The number of nitrogens with one attached hydrogen (secondary N) is 2. The zero-order chi connectivity index (χ0) is 25.2. The van der Waals surface area contributed by atoms with Crippen LogP contribution in [0.1, 0.15) is 25.7 Å². The molecule has 4 atom stereocenters. The Bertz CT molecular complexity index is 1150. The maximum Gasteiger partial charge on any atom is -0.0548 e. The minimum atomic E-state index is -0.346. The van der Waals surface area contributed by atoms with Gasteiger partial charge < -0.3 is 11.5 Å². The van der Waals surface area contributed by atoms with Crippen molar-refractivity contribution >= 4 is 69.9 Å². The molecule has 4 aromatic carbocycles. The zero-order valence-electron chi connectivity index (χ0n) is 20.0. The maximum atomic E-state index is 8.03. The van der Waals surface area contributed by atoms with Gasteiger partial charge in [-0.2, -0.15) is 12.1 Å². The fourth-order valence-corrected chi connectivity index (χ4v) is 4.90. The van der Waals surface area contributed by atoms with E-state index < -0.39 is 0 Å². The third kappa shape index (κ3) is 6.96. The van der Waals surface area contributed by atoms with E-state index in [1.54, 1.807) is 0 Å². The van der Waals surface area contributed by atoms with Gasteiger partial charge in [-0.1, -0.05) is 98.5 Å². The Balaban J connectivity index is 0.000000260. The van der Waals surface area contributed by atoms with Gasteiger partial charge in [0.2, 0.25) is 0 Å². The van der Waals surface area contributed by atoms with E-state index in [0.29, 0.717) is 0 Å². The van der Waals surface area contributed by atoms with Crippen molar-refractivity contribution in [2.24, 2.45) is 0 Å². The molecule has 1 aliphatic carbocycles. The third-order valence-electron chi connectivity index (χ3n) is 5.87. The Labute approximate surface area is 219 Å². The molecule has 0 amide bonds. The van der Waals surface area contributed by atoms with Gasteiger partial charge in [-0.25, -0.2) is 0 Å². The molecule has 0 aliphatic heterocycles. The molecule has 174 valence electrons. The first-order chi connectivity index (χ1) is 17.0. The molecule has 7 heteroatoms. The maximum absolute atomic E-state index is 8.03. The second kappa shape index (κ2) is 13.5. The number of hydrogen-bond acceptors (Lipinski definition) is 0. The molecule has 1 aliphatic rings. The summed E-state index contributed by atoms with van der Waals surface area (Å²) in [6.45, 7) is 0. The van der Waals surface area contributed by atoms with Crippen LogP contribution in [0.25, 0.3) is 44.1 Å². The van der Waals surface area contributed by atoms with Crippen LogP contribution in [0, 0.1) is 0 Å². The van der Waals surface area contributed by atoms with Gasteiger partial charge in [0.15, 0.2) is 0 Å². The van der Waals surface area contributed by atoms with Crippen molar-refractivity contribution in [3.63, 3.8) is 0 Å². The zero-order valence-corrected chi connectivity index (χ0v) is 23.3. The van der Waals surface area contributed by atoms with E-state index >= 15 is 0 Å². The summed E-state index contributed by atoms with van der Waals surface area (Å²) in [5.41, 5.74) is 16.8. The first kappa shape index (κ1) is 24.1.